The summed E-state index contributed by atoms with van der Waals surface area (Å²) in [6.07, 6.45) is 5.67. The summed E-state index contributed by atoms with van der Waals surface area (Å²) in [5.74, 6) is 0.862. The predicted octanol–water partition coefficient (Wildman–Crippen LogP) is 2.18. The summed E-state index contributed by atoms with van der Waals surface area (Å²) in [6, 6.07) is 8.51. The number of para-hydroxylation sites is 2. The predicted molar refractivity (Wildman–Crippen MR) is 73.7 cm³/mol. The molecule has 0 amide bonds. The molecule has 0 spiro atoms. The molecule has 0 unspecified atom stereocenters. The number of hydrogen-bond acceptors (Lipinski definition) is 4. The molecular formula is C14H18N4. The van der Waals surface area contributed by atoms with E-state index >= 15 is 0 Å². The number of nitrogens with zero attached hydrogens (tertiary/aromatic N) is 2. The van der Waals surface area contributed by atoms with Crippen molar-refractivity contribution in [2.75, 3.05) is 18.4 Å². The van der Waals surface area contributed by atoms with Crippen molar-refractivity contribution in [1.82, 2.24) is 15.3 Å². The Balaban J connectivity index is 1.66. The Kier molecular flexibility index (Phi) is 3.37. The van der Waals surface area contributed by atoms with Crippen LogP contribution in [0, 0.1) is 0 Å². The number of aromatic nitrogens is 2. The second-order valence-corrected chi connectivity index (χ2v) is 4.77. The Labute approximate surface area is 107 Å². The zero-order valence-electron chi connectivity index (χ0n) is 10.4. The maximum Gasteiger partial charge on any atom is 0.145 e. The lowest BCUT2D eigenvalue weighted by atomic mass is 10.1. The van der Waals surface area contributed by atoms with Gasteiger partial charge < -0.3 is 10.6 Å². The molecule has 2 aromatic rings. The third-order valence-electron chi connectivity index (χ3n) is 3.39. The third-order valence-corrected chi connectivity index (χ3v) is 3.39. The molecule has 2 heterocycles. The van der Waals surface area contributed by atoms with Gasteiger partial charge in [-0.2, -0.15) is 0 Å². The average Bonchev–Trinajstić information content (AvgIpc) is 2.46. The van der Waals surface area contributed by atoms with Gasteiger partial charge in [-0.3, -0.25) is 4.98 Å². The van der Waals surface area contributed by atoms with Crippen LogP contribution < -0.4 is 10.6 Å². The SMILES string of the molecule is c1ccc2nc(NC[C@H]3CCCCN3)cnc2c1. The summed E-state index contributed by atoms with van der Waals surface area (Å²) in [7, 11) is 0. The molecule has 4 nitrogen and oxygen atoms in total. The van der Waals surface area contributed by atoms with Crippen LogP contribution in [-0.2, 0) is 0 Å². The molecule has 94 valence electrons. The maximum atomic E-state index is 4.56. The van der Waals surface area contributed by atoms with E-state index in [2.05, 4.69) is 20.6 Å². The van der Waals surface area contributed by atoms with Crippen molar-refractivity contribution in [2.24, 2.45) is 0 Å². The molecule has 1 saturated heterocycles. The van der Waals surface area contributed by atoms with Gasteiger partial charge in [0, 0.05) is 12.6 Å². The number of benzene rings is 1. The van der Waals surface area contributed by atoms with Crippen molar-refractivity contribution in [3.63, 3.8) is 0 Å². The van der Waals surface area contributed by atoms with Crippen molar-refractivity contribution >= 4 is 16.9 Å². The van der Waals surface area contributed by atoms with Gasteiger partial charge in [0.25, 0.3) is 0 Å². The van der Waals surface area contributed by atoms with Gasteiger partial charge in [0.1, 0.15) is 5.82 Å². The number of piperidine rings is 1. The summed E-state index contributed by atoms with van der Waals surface area (Å²) in [6.45, 7) is 2.06. The topological polar surface area (TPSA) is 49.8 Å². The molecule has 1 aliphatic rings. The minimum atomic E-state index is 0.562. The molecule has 1 fully saturated rings. The highest BCUT2D eigenvalue weighted by molar-refractivity contribution is 5.75. The van der Waals surface area contributed by atoms with Crippen molar-refractivity contribution < 1.29 is 0 Å². The first kappa shape index (κ1) is 11.4. The minimum Gasteiger partial charge on any atom is -0.367 e. The van der Waals surface area contributed by atoms with Gasteiger partial charge in [-0.15, -0.1) is 0 Å². The molecule has 1 aromatic carbocycles. The van der Waals surface area contributed by atoms with Crippen LogP contribution in [0.2, 0.25) is 0 Å². The molecule has 4 heteroatoms. The average molecular weight is 242 g/mol. The van der Waals surface area contributed by atoms with E-state index in [0.29, 0.717) is 6.04 Å². The van der Waals surface area contributed by atoms with Crippen LogP contribution in [0.5, 0.6) is 0 Å². The fourth-order valence-electron chi connectivity index (χ4n) is 2.37. The zero-order valence-corrected chi connectivity index (χ0v) is 10.4. The van der Waals surface area contributed by atoms with Gasteiger partial charge in [-0.25, -0.2) is 4.98 Å². The van der Waals surface area contributed by atoms with E-state index in [9.17, 15) is 0 Å². The van der Waals surface area contributed by atoms with Gasteiger partial charge >= 0.3 is 0 Å². The van der Waals surface area contributed by atoms with Gasteiger partial charge in [0.2, 0.25) is 0 Å². The maximum absolute atomic E-state index is 4.56. The van der Waals surface area contributed by atoms with E-state index in [4.69, 9.17) is 0 Å². The monoisotopic (exact) mass is 242 g/mol. The molecule has 0 bridgehead atoms. The van der Waals surface area contributed by atoms with Crippen molar-refractivity contribution in [3.8, 4) is 0 Å². The van der Waals surface area contributed by atoms with Gasteiger partial charge in [-0.1, -0.05) is 18.6 Å². The molecular weight excluding hydrogens is 224 g/mol. The first-order chi connectivity index (χ1) is 8.92. The highest BCUT2D eigenvalue weighted by Crippen LogP contribution is 2.12. The Hall–Kier alpha value is -1.68. The molecule has 18 heavy (non-hydrogen) atoms. The van der Waals surface area contributed by atoms with Gasteiger partial charge in [0.05, 0.1) is 17.2 Å². The van der Waals surface area contributed by atoms with E-state index in [0.717, 1.165) is 29.9 Å². The smallest absolute Gasteiger partial charge is 0.145 e. The summed E-state index contributed by atoms with van der Waals surface area (Å²) >= 11 is 0. The molecule has 1 aliphatic heterocycles. The quantitative estimate of drug-likeness (QED) is 0.866. The van der Waals surface area contributed by atoms with Crippen LogP contribution in [0.4, 0.5) is 5.82 Å². The summed E-state index contributed by atoms with van der Waals surface area (Å²) in [5, 5.41) is 6.89. The number of fused-ring (bicyclic) bond motifs is 1. The van der Waals surface area contributed by atoms with Gasteiger partial charge in [0.15, 0.2) is 0 Å². The minimum absolute atomic E-state index is 0.562. The Morgan fingerprint density at radius 1 is 1.22 bits per heavy atom. The second kappa shape index (κ2) is 5.31. The van der Waals surface area contributed by atoms with Crippen LogP contribution in [0.3, 0.4) is 0 Å². The molecule has 0 radical (unpaired) electrons. The molecule has 1 atom stereocenters. The largest absolute Gasteiger partial charge is 0.367 e. The summed E-state index contributed by atoms with van der Waals surface area (Å²) in [5.41, 5.74) is 1.89. The molecule has 0 saturated carbocycles. The normalized spacial score (nSPS) is 19.9. The van der Waals surface area contributed by atoms with Crippen molar-refractivity contribution in [3.05, 3.63) is 30.5 Å². The Morgan fingerprint density at radius 3 is 2.94 bits per heavy atom. The first-order valence-corrected chi connectivity index (χ1v) is 6.61. The van der Waals surface area contributed by atoms with Crippen molar-refractivity contribution in [2.45, 2.75) is 25.3 Å². The van der Waals surface area contributed by atoms with Crippen molar-refractivity contribution in [1.29, 1.82) is 0 Å². The van der Waals surface area contributed by atoms with Crippen LogP contribution in [0.25, 0.3) is 11.0 Å². The number of nitrogens with one attached hydrogen (secondary N) is 2. The van der Waals surface area contributed by atoms with Crippen LogP contribution >= 0.6 is 0 Å². The number of rotatable bonds is 3. The second-order valence-electron chi connectivity index (χ2n) is 4.77. The lowest BCUT2D eigenvalue weighted by molar-refractivity contribution is 0.414. The molecule has 2 N–H and O–H groups in total. The highest BCUT2D eigenvalue weighted by Gasteiger charge is 2.12. The van der Waals surface area contributed by atoms with E-state index < -0.39 is 0 Å². The van der Waals surface area contributed by atoms with Gasteiger partial charge in [-0.05, 0) is 31.5 Å². The van der Waals surface area contributed by atoms with E-state index in [1.54, 1.807) is 0 Å². The first-order valence-electron chi connectivity index (χ1n) is 6.61. The zero-order chi connectivity index (χ0) is 12.2. The van der Waals surface area contributed by atoms with E-state index in [-0.39, 0.29) is 0 Å². The fourth-order valence-corrected chi connectivity index (χ4v) is 2.37. The fraction of sp³-hybridized carbons (Fsp3) is 0.429. The molecule has 0 aliphatic carbocycles. The number of hydrogen-bond donors (Lipinski definition) is 2. The summed E-state index contributed by atoms with van der Waals surface area (Å²) in [4.78, 5) is 8.96. The lowest BCUT2D eigenvalue weighted by Gasteiger charge is -2.23. The Morgan fingerprint density at radius 2 is 2.11 bits per heavy atom. The number of anilines is 1. The third kappa shape index (κ3) is 2.59. The Bertz CT molecular complexity index is 520. The van der Waals surface area contributed by atoms with Crippen LogP contribution in [0.15, 0.2) is 30.5 Å². The molecule has 3 rings (SSSR count). The standard InChI is InChI=1S/C14H18N4/c1-2-7-13-12(6-1)16-10-14(18-13)17-9-11-5-3-4-8-15-11/h1-2,6-7,10-11,15H,3-5,8-9H2,(H,17,18)/t11-/m1/s1. The van der Waals surface area contributed by atoms with E-state index in [1.165, 1.54) is 19.3 Å². The van der Waals surface area contributed by atoms with Crippen LogP contribution in [0.1, 0.15) is 19.3 Å². The summed E-state index contributed by atoms with van der Waals surface area (Å²) < 4.78 is 0. The van der Waals surface area contributed by atoms with Crippen LogP contribution in [-0.4, -0.2) is 29.1 Å². The highest BCUT2D eigenvalue weighted by atomic mass is 15.0. The molecule has 1 aromatic heterocycles. The lowest BCUT2D eigenvalue weighted by Crippen LogP contribution is -2.39. The van der Waals surface area contributed by atoms with E-state index in [1.807, 2.05) is 30.5 Å².